The minimum absolute atomic E-state index is 0.0242. The summed E-state index contributed by atoms with van der Waals surface area (Å²) in [6.07, 6.45) is 8.25. The Morgan fingerprint density at radius 2 is 1.87 bits per heavy atom. The quantitative estimate of drug-likeness (QED) is 0.384. The third kappa shape index (κ3) is 8.07. The fourth-order valence-corrected chi connectivity index (χ4v) is 7.72. The van der Waals surface area contributed by atoms with Gasteiger partial charge >= 0.3 is 6.09 Å². The Kier molecular flexibility index (Phi) is 10.2. The average molecular weight is 674 g/mol. The van der Waals surface area contributed by atoms with Crippen LogP contribution in [-0.4, -0.2) is 84.2 Å². The Hall–Kier alpha value is -3.68. The number of cyclic esters (lactones) is 1. The zero-order chi connectivity index (χ0) is 34.0. The van der Waals surface area contributed by atoms with Crippen LogP contribution in [0.3, 0.4) is 0 Å². The normalized spacial score (nSPS) is 29.1. The van der Waals surface area contributed by atoms with Crippen molar-refractivity contribution in [3.8, 4) is 5.88 Å². The van der Waals surface area contributed by atoms with E-state index in [-0.39, 0.29) is 26.0 Å². The number of nitrogens with zero attached hydrogens (tertiary/aromatic N) is 2. The van der Waals surface area contributed by atoms with Gasteiger partial charge in [-0.2, -0.15) is 0 Å². The fraction of sp³-hybridized carbons (Fsp3) is 0.667. The maximum atomic E-state index is 14.3. The number of amides is 4. The first kappa shape index (κ1) is 34.6. The highest BCUT2D eigenvalue weighted by Gasteiger charge is 2.62. The van der Waals surface area contributed by atoms with E-state index in [1.165, 1.54) is 11.0 Å². The Labute approximate surface area is 276 Å². The average Bonchev–Trinajstić information content (AvgIpc) is 3.93. The zero-order valence-corrected chi connectivity index (χ0v) is 28.3. The van der Waals surface area contributed by atoms with Crippen LogP contribution >= 0.6 is 0 Å². The molecule has 3 fully saturated rings. The van der Waals surface area contributed by atoms with Crippen molar-refractivity contribution in [1.82, 2.24) is 25.2 Å². The molecule has 3 N–H and O–H groups in total. The SMILES string of the molecule is C=C[C@@H]1C[C@]1(NC(=O)[C@@H]1C[C@@H]2CN1C(=O)[C@H](C(C)(C)C)NC(=O)OCCCCCCCc1cccnc1O2)C(=O)NS(=O)(=O)C1CC1. The molecule has 2 saturated carbocycles. The number of pyridine rings is 1. The van der Waals surface area contributed by atoms with Gasteiger partial charge in [0.05, 0.1) is 18.4 Å². The van der Waals surface area contributed by atoms with E-state index in [1.54, 1.807) is 27.0 Å². The second kappa shape index (κ2) is 13.8. The van der Waals surface area contributed by atoms with Gasteiger partial charge in [0.2, 0.25) is 27.7 Å². The Morgan fingerprint density at radius 1 is 1.15 bits per heavy atom. The number of fused-ring (bicyclic) bond motifs is 3. The van der Waals surface area contributed by atoms with Crippen molar-refractivity contribution in [3.05, 3.63) is 36.5 Å². The van der Waals surface area contributed by atoms with Gasteiger partial charge in [0.1, 0.15) is 23.7 Å². The molecule has 13 nitrogen and oxygen atoms in total. The summed E-state index contributed by atoms with van der Waals surface area (Å²) in [7, 11) is -3.87. The lowest BCUT2D eigenvalue weighted by Crippen LogP contribution is -2.60. The van der Waals surface area contributed by atoms with E-state index in [4.69, 9.17) is 9.47 Å². The molecule has 4 amide bonds. The van der Waals surface area contributed by atoms with Gasteiger partial charge in [0, 0.05) is 24.1 Å². The van der Waals surface area contributed by atoms with E-state index in [0.717, 1.165) is 37.7 Å². The second-order valence-corrected chi connectivity index (χ2v) is 16.2. The van der Waals surface area contributed by atoms with Crippen molar-refractivity contribution in [2.45, 2.75) is 114 Å². The molecule has 1 aromatic rings. The first-order valence-corrected chi connectivity index (χ1v) is 18.1. The van der Waals surface area contributed by atoms with Crippen molar-refractivity contribution in [1.29, 1.82) is 0 Å². The van der Waals surface area contributed by atoms with E-state index in [1.807, 2.05) is 12.1 Å². The first-order valence-electron chi connectivity index (χ1n) is 16.6. The van der Waals surface area contributed by atoms with Crippen LogP contribution in [0.25, 0.3) is 0 Å². The maximum absolute atomic E-state index is 14.3. The molecule has 2 bridgehead atoms. The molecular formula is C33H47N5O8S. The molecule has 2 aliphatic heterocycles. The number of ether oxygens (including phenoxy) is 2. The highest BCUT2D eigenvalue weighted by Crippen LogP contribution is 2.45. The Balaban J connectivity index is 1.43. The molecule has 0 spiro atoms. The summed E-state index contributed by atoms with van der Waals surface area (Å²) >= 11 is 0. The van der Waals surface area contributed by atoms with Gasteiger partial charge in [0.15, 0.2) is 0 Å². The summed E-state index contributed by atoms with van der Waals surface area (Å²) in [5, 5.41) is 4.89. The molecule has 5 atom stereocenters. The third-order valence-corrected chi connectivity index (χ3v) is 11.2. The monoisotopic (exact) mass is 673 g/mol. The predicted molar refractivity (Wildman–Crippen MR) is 173 cm³/mol. The number of rotatable bonds is 6. The standard InChI is InChI=1S/C33H47N5O8S/c1-5-22-19-33(22,30(41)37-47(43,44)24-14-15-24)36-27(39)25-18-23-20-38(25)29(40)26(32(2,3)4)35-31(42)45-17-10-8-6-7-9-12-21-13-11-16-34-28(21)46-23/h5,11,13,16,22-26H,1,6-10,12,14-15,17-20H2,2-4H3,(H,35,42)(H,36,39)(H,37,41)/t22-,23-,25+,26-,33-/m1/s1. The van der Waals surface area contributed by atoms with Gasteiger partial charge in [0.25, 0.3) is 5.91 Å². The van der Waals surface area contributed by atoms with Crippen LogP contribution < -0.4 is 20.1 Å². The lowest BCUT2D eigenvalue weighted by molar-refractivity contribution is -0.142. The highest BCUT2D eigenvalue weighted by atomic mass is 32.2. The summed E-state index contributed by atoms with van der Waals surface area (Å²) in [6, 6.07) is 1.68. The lowest BCUT2D eigenvalue weighted by Gasteiger charge is -2.35. The summed E-state index contributed by atoms with van der Waals surface area (Å²) in [5.74, 6) is -2.00. The summed E-state index contributed by atoms with van der Waals surface area (Å²) in [5.41, 5.74) is -1.34. The summed E-state index contributed by atoms with van der Waals surface area (Å²) < 4.78 is 39.1. The van der Waals surface area contributed by atoms with Gasteiger partial charge in [-0.1, -0.05) is 52.2 Å². The van der Waals surface area contributed by atoms with Crippen molar-refractivity contribution in [3.63, 3.8) is 0 Å². The van der Waals surface area contributed by atoms with Crippen molar-refractivity contribution in [2.75, 3.05) is 13.2 Å². The number of aromatic nitrogens is 1. The van der Waals surface area contributed by atoms with Gasteiger partial charge in [-0.25, -0.2) is 18.2 Å². The van der Waals surface area contributed by atoms with E-state index in [2.05, 4.69) is 26.9 Å². The number of alkyl carbamates (subject to hydrolysis) is 1. The predicted octanol–water partition coefficient (Wildman–Crippen LogP) is 2.75. The zero-order valence-electron chi connectivity index (χ0n) is 27.5. The smallest absolute Gasteiger partial charge is 0.407 e. The number of carbonyl (C=O) groups excluding carboxylic acids is 4. The Morgan fingerprint density at radius 3 is 2.55 bits per heavy atom. The molecule has 0 radical (unpaired) electrons. The molecule has 1 aromatic heterocycles. The molecule has 5 rings (SSSR count). The number of carbonyl (C=O) groups is 4. The largest absolute Gasteiger partial charge is 0.472 e. The topological polar surface area (TPSA) is 173 Å². The molecule has 47 heavy (non-hydrogen) atoms. The van der Waals surface area contributed by atoms with Crippen LogP contribution in [0.1, 0.15) is 84.1 Å². The summed E-state index contributed by atoms with van der Waals surface area (Å²) in [4.78, 5) is 60.4. The van der Waals surface area contributed by atoms with Crippen LogP contribution in [-0.2, 0) is 35.6 Å². The van der Waals surface area contributed by atoms with Crippen LogP contribution in [0, 0.1) is 11.3 Å². The van der Waals surface area contributed by atoms with Gasteiger partial charge in [-0.05, 0) is 50.0 Å². The number of aryl methyl sites for hydroxylation is 1. The summed E-state index contributed by atoms with van der Waals surface area (Å²) in [6.45, 7) is 9.42. The van der Waals surface area contributed by atoms with E-state index < -0.39 is 74.1 Å². The number of nitrogens with one attached hydrogen (secondary N) is 3. The molecule has 14 heteroatoms. The lowest BCUT2D eigenvalue weighted by atomic mass is 9.85. The van der Waals surface area contributed by atoms with Crippen LogP contribution in [0.5, 0.6) is 5.88 Å². The molecule has 2 aliphatic carbocycles. The van der Waals surface area contributed by atoms with Crippen LogP contribution in [0.4, 0.5) is 4.79 Å². The highest BCUT2D eigenvalue weighted by molar-refractivity contribution is 7.91. The molecule has 258 valence electrons. The van der Waals surface area contributed by atoms with Crippen LogP contribution in [0.15, 0.2) is 31.0 Å². The number of hydrogen-bond acceptors (Lipinski definition) is 9. The van der Waals surface area contributed by atoms with E-state index in [9.17, 15) is 27.6 Å². The minimum atomic E-state index is -3.87. The van der Waals surface area contributed by atoms with Gasteiger partial charge in [-0.15, -0.1) is 6.58 Å². The van der Waals surface area contributed by atoms with E-state index in [0.29, 0.717) is 25.1 Å². The first-order chi connectivity index (χ1) is 22.2. The maximum Gasteiger partial charge on any atom is 0.407 e. The molecule has 1 saturated heterocycles. The van der Waals surface area contributed by atoms with Crippen molar-refractivity contribution in [2.24, 2.45) is 11.3 Å². The van der Waals surface area contributed by atoms with Crippen LogP contribution in [0.2, 0.25) is 0 Å². The van der Waals surface area contributed by atoms with Gasteiger partial charge < -0.3 is 25.0 Å². The van der Waals surface area contributed by atoms with Crippen molar-refractivity contribution < 1.29 is 37.1 Å². The molecular weight excluding hydrogens is 626 g/mol. The van der Waals surface area contributed by atoms with Crippen molar-refractivity contribution >= 4 is 33.8 Å². The number of hydrogen-bond donors (Lipinski definition) is 3. The van der Waals surface area contributed by atoms with Gasteiger partial charge in [-0.3, -0.25) is 19.1 Å². The third-order valence-electron chi connectivity index (χ3n) is 9.42. The minimum Gasteiger partial charge on any atom is -0.472 e. The fourth-order valence-electron chi connectivity index (χ4n) is 6.36. The van der Waals surface area contributed by atoms with E-state index >= 15 is 0 Å². The molecule has 0 aromatic carbocycles. The molecule has 4 aliphatic rings. The number of sulfonamides is 1. The Bertz CT molecular complexity index is 1490. The molecule has 3 heterocycles. The second-order valence-electron chi connectivity index (χ2n) is 14.2. The molecule has 0 unspecified atom stereocenters.